The Morgan fingerprint density at radius 2 is 1.22 bits per heavy atom. The third kappa shape index (κ3) is 15.3. The highest BCUT2D eigenvalue weighted by Gasteiger charge is 2.34. The number of amides is 4. The van der Waals surface area contributed by atoms with Crippen LogP contribution in [-0.4, -0.2) is 66.0 Å². The molecule has 0 aromatic heterocycles. The van der Waals surface area contributed by atoms with Gasteiger partial charge in [0.15, 0.2) is 11.7 Å². The number of primary amides is 1. The van der Waals surface area contributed by atoms with Crippen LogP contribution in [0.15, 0.2) is 96.0 Å². The van der Waals surface area contributed by atoms with Crippen molar-refractivity contribution in [3.63, 3.8) is 0 Å². The van der Waals surface area contributed by atoms with E-state index in [1.165, 1.54) is 0 Å². The minimum Gasteiger partial charge on any atom is -0.445 e. The molecule has 288 valence electrons. The van der Waals surface area contributed by atoms with E-state index in [9.17, 15) is 28.8 Å². The van der Waals surface area contributed by atoms with Gasteiger partial charge in [-0.25, -0.2) is 4.79 Å². The zero-order valence-electron chi connectivity index (χ0n) is 30.7. The van der Waals surface area contributed by atoms with Crippen molar-refractivity contribution >= 4 is 41.3 Å². The van der Waals surface area contributed by atoms with E-state index in [0.717, 1.165) is 11.1 Å². The number of alkyl carbamates (subject to hydrolysis) is 1. The summed E-state index contributed by atoms with van der Waals surface area (Å²) in [6, 6.07) is 23.4. The fraction of sp³-hybridized carbons (Fsp3) is 0.375. The highest BCUT2D eigenvalue weighted by Crippen LogP contribution is 2.20. The molecule has 0 spiro atoms. The van der Waals surface area contributed by atoms with Gasteiger partial charge in [-0.1, -0.05) is 105 Å². The average molecular weight is 742 g/mol. The number of hydrogen-bond acceptors (Lipinski definition) is 8. The van der Waals surface area contributed by atoms with Crippen LogP contribution in [0.2, 0.25) is 0 Å². The first-order valence-electron chi connectivity index (χ1n) is 17.9. The molecule has 0 aliphatic heterocycles. The monoisotopic (exact) mass is 741 g/mol. The summed E-state index contributed by atoms with van der Waals surface area (Å²) in [5, 5.41) is 7.78. The van der Waals surface area contributed by atoms with Crippen molar-refractivity contribution in [2.75, 3.05) is 6.54 Å². The molecule has 3 aromatic carbocycles. The van der Waals surface area contributed by atoms with Crippen molar-refractivity contribution in [1.29, 1.82) is 0 Å². The number of nitrogens with zero attached hydrogens (tertiary/aromatic N) is 1. The number of nitrogens with two attached hydrogens (primary N) is 3. The number of ketones is 2. The predicted octanol–water partition coefficient (Wildman–Crippen LogP) is 2.47. The number of guanidine groups is 1. The summed E-state index contributed by atoms with van der Waals surface area (Å²) in [7, 11) is 0. The largest absolute Gasteiger partial charge is 0.445 e. The number of Topliss-reactive ketones (excluding diaryl/α,β-unsaturated/α-hetero) is 2. The Hall–Kier alpha value is -6.05. The number of carbonyl (C=O) groups excluding carboxylic acids is 6. The van der Waals surface area contributed by atoms with Crippen LogP contribution in [0.1, 0.15) is 56.2 Å². The van der Waals surface area contributed by atoms with E-state index in [0.29, 0.717) is 12.0 Å². The summed E-state index contributed by atoms with van der Waals surface area (Å²) in [5.74, 6) is -5.08. The van der Waals surface area contributed by atoms with Gasteiger partial charge in [0.2, 0.25) is 17.6 Å². The summed E-state index contributed by atoms with van der Waals surface area (Å²) in [6.45, 7) is 3.96. The standard InChI is InChI=1S/C40H51N7O7/c1-26(2)21-30(24-34(48)32(22-27-13-6-3-7-14-27)47-40(53)54-25-29-17-10-5-11-18-29)37(51)46-33(23-28-15-8-4-9-16-28)35(49)38(52)45-31(36(41)50)19-12-20-44-39(42)43/h3-11,13-18,26,30-33H,12,19-25H2,1-2H3,(H2,41,50)(H,45,52)(H,46,51)(H,47,53)(H4,42,43,44). The van der Waals surface area contributed by atoms with E-state index < -0.39 is 59.4 Å². The van der Waals surface area contributed by atoms with E-state index in [-0.39, 0.29) is 57.1 Å². The van der Waals surface area contributed by atoms with Gasteiger partial charge in [0, 0.05) is 25.3 Å². The molecule has 0 saturated heterocycles. The second-order valence-corrected chi connectivity index (χ2v) is 13.4. The topological polar surface area (TPSA) is 238 Å². The second kappa shape index (κ2) is 22.1. The van der Waals surface area contributed by atoms with Gasteiger partial charge >= 0.3 is 6.09 Å². The first-order chi connectivity index (χ1) is 25.8. The van der Waals surface area contributed by atoms with Gasteiger partial charge in [-0.2, -0.15) is 0 Å². The molecule has 4 amide bonds. The fourth-order valence-electron chi connectivity index (χ4n) is 5.76. The number of benzene rings is 3. The lowest BCUT2D eigenvalue weighted by molar-refractivity contribution is -0.142. The van der Waals surface area contributed by atoms with Gasteiger partial charge in [0.05, 0.1) is 6.04 Å². The maximum atomic E-state index is 14.0. The van der Waals surface area contributed by atoms with Crippen LogP contribution in [0.4, 0.5) is 4.79 Å². The third-order valence-electron chi connectivity index (χ3n) is 8.48. The molecule has 0 radical (unpaired) electrons. The van der Waals surface area contributed by atoms with Gasteiger partial charge < -0.3 is 37.9 Å². The normalized spacial score (nSPS) is 13.0. The number of hydrogen-bond donors (Lipinski definition) is 6. The van der Waals surface area contributed by atoms with E-state index in [4.69, 9.17) is 21.9 Å². The molecule has 0 fully saturated rings. The SMILES string of the molecule is CC(C)CC(CC(=O)C(Cc1ccccc1)NC(=O)OCc1ccccc1)C(=O)NC(Cc1ccccc1)C(=O)C(=O)NC(CCCN=C(N)N)C(N)=O. The predicted molar refractivity (Wildman–Crippen MR) is 204 cm³/mol. The van der Waals surface area contributed by atoms with Crippen molar-refractivity contribution in [2.24, 2.45) is 34.0 Å². The van der Waals surface area contributed by atoms with Gasteiger partial charge in [-0.15, -0.1) is 0 Å². The van der Waals surface area contributed by atoms with E-state index in [1.54, 1.807) is 30.3 Å². The number of rotatable bonds is 22. The zero-order valence-corrected chi connectivity index (χ0v) is 30.7. The third-order valence-corrected chi connectivity index (χ3v) is 8.48. The van der Waals surface area contributed by atoms with Crippen LogP contribution in [0.5, 0.6) is 0 Å². The van der Waals surface area contributed by atoms with Crippen molar-refractivity contribution in [3.8, 4) is 0 Å². The van der Waals surface area contributed by atoms with Crippen molar-refractivity contribution in [2.45, 2.75) is 77.1 Å². The molecular weight excluding hydrogens is 690 g/mol. The van der Waals surface area contributed by atoms with Gasteiger partial charge in [0.25, 0.3) is 5.91 Å². The molecule has 3 rings (SSSR count). The Balaban J connectivity index is 1.80. The molecule has 4 unspecified atom stereocenters. The summed E-state index contributed by atoms with van der Waals surface area (Å²) < 4.78 is 5.40. The summed E-state index contributed by atoms with van der Waals surface area (Å²) in [4.78, 5) is 83.8. The maximum absolute atomic E-state index is 14.0. The van der Waals surface area contributed by atoms with Crippen molar-refractivity contribution < 1.29 is 33.5 Å². The first-order valence-corrected chi connectivity index (χ1v) is 17.9. The number of carbonyl (C=O) groups is 6. The smallest absolute Gasteiger partial charge is 0.408 e. The average Bonchev–Trinajstić information content (AvgIpc) is 3.14. The molecule has 3 aromatic rings. The molecular formula is C40H51N7O7. The first kappa shape index (κ1) is 42.4. The molecule has 54 heavy (non-hydrogen) atoms. The van der Waals surface area contributed by atoms with Crippen LogP contribution >= 0.6 is 0 Å². The molecule has 14 nitrogen and oxygen atoms in total. The minimum absolute atomic E-state index is 0.000139. The van der Waals surface area contributed by atoms with E-state index >= 15 is 0 Å². The van der Waals surface area contributed by atoms with Gasteiger partial charge in [-0.3, -0.25) is 29.0 Å². The summed E-state index contributed by atoms with van der Waals surface area (Å²) in [5.41, 5.74) is 18.4. The Morgan fingerprint density at radius 1 is 0.685 bits per heavy atom. The Kier molecular flexibility index (Phi) is 17.4. The quantitative estimate of drug-likeness (QED) is 0.0383. The molecule has 14 heteroatoms. The van der Waals surface area contributed by atoms with Crippen LogP contribution in [-0.2, 0) is 48.2 Å². The summed E-state index contributed by atoms with van der Waals surface area (Å²) >= 11 is 0. The molecule has 4 atom stereocenters. The molecule has 0 saturated carbocycles. The minimum atomic E-state index is -1.34. The van der Waals surface area contributed by atoms with Crippen LogP contribution in [0.3, 0.4) is 0 Å². The fourth-order valence-corrected chi connectivity index (χ4v) is 5.76. The number of ether oxygens (including phenoxy) is 1. The number of nitrogens with one attached hydrogen (secondary N) is 3. The highest BCUT2D eigenvalue weighted by atomic mass is 16.5. The van der Waals surface area contributed by atoms with Gasteiger partial charge in [-0.05, 0) is 48.3 Å². The lowest BCUT2D eigenvalue weighted by Crippen LogP contribution is -2.54. The van der Waals surface area contributed by atoms with Crippen molar-refractivity contribution in [3.05, 3.63) is 108 Å². The lowest BCUT2D eigenvalue weighted by atomic mass is 9.88. The van der Waals surface area contributed by atoms with E-state index in [1.807, 2.05) is 74.5 Å². The van der Waals surface area contributed by atoms with Crippen LogP contribution in [0, 0.1) is 11.8 Å². The molecule has 0 heterocycles. The van der Waals surface area contributed by atoms with Crippen molar-refractivity contribution in [1.82, 2.24) is 16.0 Å². The molecule has 0 aliphatic rings. The van der Waals surface area contributed by atoms with E-state index in [2.05, 4.69) is 20.9 Å². The molecule has 0 aliphatic carbocycles. The van der Waals surface area contributed by atoms with Crippen LogP contribution in [0.25, 0.3) is 0 Å². The Morgan fingerprint density at radius 3 is 1.74 bits per heavy atom. The summed E-state index contributed by atoms with van der Waals surface area (Å²) in [6.07, 6.45) is -0.318. The zero-order chi connectivity index (χ0) is 39.5. The van der Waals surface area contributed by atoms with Gasteiger partial charge in [0.1, 0.15) is 18.7 Å². The number of aliphatic imine (C=N–C) groups is 1. The highest BCUT2D eigenvalue weighted by molar-refractivity contribution is 6.38. The maximum Gasteiger partial charge on any atom is 0.408 e. The van der Waals surface area contributed by atoms with Crippen LogP contribution < -0.4 is 33.2 Å². The molecule has 0 bridgehead atoms. The second-order valence-electron chi connectivity index (χ2n) is 13.4. The lowest BCUT2D eigenvalue weighted by Gasteiger charge is -2.25. The molecule has 9 N–H and O–H groups in total. The Labute approximate surface area is 315 Å². The Bertz CT molecular complexity index is 1720.